The summed E-state index contributed by atoms with van der Waals surface area (Å²) in [6.45, 7) is 18.2. The molecule has 3 aliphatic rings. The fraction of sp³-hybridized carbons (Fsp3) is 0.442. The summed E-state index contributed by atoms with van der Waals surface area (Å²) in [5.41, 5.74) is 12.6. The number of rotatable bonds is 11. The predicted molar refractivity (Wildman–Crippen MR) is 269 cm³/mol. The molecular weight excluding hydrogens is 959 g/mol. The highest BCUT2D eigenvalue weighted by Gasteiger charge is 2.59. The van der Waals surface area contributed by atoms with Gasteiger partial charge in [0.25, 0.3) is 8.32 Å². The Morgan fingerprint density at radius 2 is 1.35 bits per heavy atom. The number of halogens is 4. The van der Waals surface area contributed by atoms with E-state index < -0.39 is 13.7 Å². The Morgan fingerprint density at radius 1 is 0.806 bits per heavy atom. The van der Waals surface area contributed by atoms with Gasteiger partial charge in [-0.05, 0) is 205 Å². The lowest BCUT2D eigenvalue weighted by molar-refractivity contribution is -0.0421. The minimum atomic E-state index is -2.29. The van der Waals surface area contributed by atoms with Crippen LogP contribution in [0.5, 0.6) is 17.2 Å². The average Bonchev–Trinajstić information content (AvgIpc) is 3.54. The summed E-state index contributed by atoms with van der Waals surface area (Å²) in [7, 11) is -0.537. The number of fused-ring (bicyclic) bond motifs is 2. The SMILES string of the molecule is COc1ccccc1CC1(/C(C)=N/c2c(Cl)cccc2Cl)CC(Oc2c(Br)cc3c(c2-c2c4c(cc(Br)c2O[Si](C)(C)C(C)(C)C)CCCC4)CCCC3)C1n1c(C)ccc1C. The number of hydrogen-bond acceptors (Lipinski definition) is 4. The van der Waals surface area contributed by atoms with Crippen molar-refractivity contribution >= 4 is 74.8 Å². The topological polar surface area (TPSA) is 45.0 Å². The Balaban J connectivity index is 1.36. The standard InChI is InChI=1S/C52H60Br2Cl2N2O3Si/c1-31-25-26-32(2)58(31)50-44(30-52(50,29-36-19-12-15-24-43(36)59-7)33(3)57-47-41(55)22-16-23-42(47)56)60-48-39(53)27-34-17-10-13-20-37(34)45(48)46-38-21-14-11-18-35(38)28-40(54)49(46)61-62(8,9)51(4,5)6/h12,15-16,19,22-28,44,50H,10-11,13-14,17-18,20-21,29-30H2,1-9H3/b57-33+. The highest BCUT2D eigenvalue weighted by Crippen LogP contribution is 2.60. The van der Waals surface area contributed by atoms with Gasteiger partial charge in [0.2, 0.25) is 0 Å². The molecule has 328 valence electrons. The lowest BCUT2D eigenvalue weighted by Crippen LogP contribution is -2.60. The first kappa shape index (κ1) is 45.6. The van der Waals surface area contributed by atoms with E-state index in [4.69, 9.17) is 42.1 Å². The fourth-order valence-electron chi connectivity index (χ4n) is 10.2. The molecule has 5 aromatic rings. The number of aromatic nitrogens is 1. The van der Waals surface area contributed by atoms with E-state index in [-0.39, 0.29) is 17.2 Å². The maximum absolute atomic E-state index is 7.79. The number of methoxy groups -OCH3 is 1. The smallest absolute Gasteiger partial charge is 0.250 e. The number of aryl methyl sites for hydroxylation is 4. The van der Waals surface area contributed by atoms with Crippen molar-refractivity contribution in [2.24, 2.45) is 10.4 Å². The van der Waals surface area contributed by atoms with E-state index in [2.05, 4.69) is 127 Å². The Kier molecular flexibility index (Phi) is 13.0. The van der Waals surface area contributed by atoms with Gasteiger partial charge >= 0.3 is 0 Å². The van der Waals surface area contributed by atoms with Crippen molar-refractivity contribution < 1.29 is 13.9 Å². The maximum Gasteiger partial charge on any atom is 0.250 e. The number of nitrogens with zero attached hydrogens (tertiary/aromatic N) is 2. The van der Waals surface area contributed by atoms with E-state index in [0.29, 0.717) is 28.6 Å². The number of benzene rings is 4. The Morgan fingerprint density at radius 3 is 1.94 bits per heavy atom. The summed E-state index contributed by atoms with van der Waals surface area (Å²) >= 11 is 22.0. The molecule has 1 heterocycles. The summed E-state index contributed by atoms with van der Waals surface area (Å²) in [4.78, 5) is 5.34. The molecule has 0 aliphatic heterocycles. The van der Waals surface area contributed by atoms with Crippen LogP contribution < -0.4 is 13.9 Å². The molecule has 0 spiro atoms. The zero-order chi connectivity index (χ0) is 44.3. The lowest BCUT2D eigenvalue weighted by Gasteiger charge is -2.56. The average molecular weight is 1020 g/mol. The van der Waals surface area contributed by atoms with Gasteiger partial charge in [-0.15, -0.1) is 0 Å². The zero-order valence-electron chi connectivity index (χ0n) is 37.7. The van der Waals surface area contributed by atoms with Gasteiger partial charge in [0.1, 0.15) is 29.0 Å². The molecule has 0 N–H and O–H groups in total. The Bertz CT molecular complexity index is 2520. The van der Waals surface area contributed by atoms with Crippen molar-refractivity contribution in [1.82, 2.24) is 4.57 Å². The van der Waals surface area contributed by atoms with E-state index in [1.54, 1.807) is 7.11 Å². The second-order valence-electron chi connectivity index (χ2n) is 19.4. The molecule has 5 nitrogen and oxygen atoms in total. The molecule has 3 atom stereocenters. The second kappa shape index (κ2) is 17.8. The van der Waals surface area contributed by atoms with Crippen molar-refractivity contribution in [3.63, 3.8) is 0 Å². The van der Waals surface area contributed by atoms with E-state index in [0.717, 1.165) is 76.0 Å². The molecule has 10 heteroatoms. The molecule has 4 aromatic carbocycles. The third kappa shape index (κ3) is 8.27. The van der Waals surface area contributed by atoms with Crippen LogP contribution in [0.3, 0.4) is 0 Å². The first-order valence-corrected chi connectivity index (χ1v) is 27.5. The molecule has 3 unspecified atom stereocenters. The number of aliphatic imine (C=N–C) groups is 1. The van der Waals surface area contributed by atoms with Crippen molar-refractivity contribution in [2.75, 3.05) is 7.11 Å². The molecule has 1 fully saturated rings. The van der Waals surface area contributed by atoms with Crippen LogP contribution >= 0.6 is 55.1 Å². The number of ether oxygens (including phenoxy) is 2. The van der Waals surface area contributed by atoms with E-state index in [9.17, 15) is 0 Å². The van der Waals surface area contributed by atoms with Crippen LogP contribution in [0.25, 0.3) is 11.1 Å². The molecule has 1 saturated carbocycles. The summed E-state index contributed by atoms with van der Waals surface area (Å²) in [5.74, 6) is 2.73. The van der Waals surface area contributed by atoms with Gasteiger partial charge in [-0.1, -0.05) is 68.2 Å². The normalized spacial score (nSPS) is 20.3. The van der Waals surface area contributed by atoms with E-state index in [1.165, 1.54) is 57.6 Å². The van der Waals surface area contributed by atoms with Crippen LogP contribution in [0.2, 0.25) is 28.2 Å². The minimum Gasteiger partial charge on any atom is -0.542 e. The zero-order valence-corrected chi connectivity index (χ0v) is 43.4. The summed E-state index contributed by atoms with van der Waals surface area (Å²) in [5, 5.41) is 1.06. The molecular formula is C52H60Br2Cl2N2O3Si. The highest BCUT2D eigenvalue weighted by atomic mass is 79.9. The summed E-state index contributed by atoms with van der Waals surface area (Å²) in [6.07, 6.45) is 9.96. The van der Waals surface area contributed by atoms with Crippen molar-refractivity contribution in [3.8, 4) is 28.4 Å². The van der Waals surface area contributed by atoms with Gasteiger partial charge in [-0.3, -0.25) is 4.99 Å². The van der Waals surface area contributed by atoms with Gasteiger partial charge in [0.05, 0.1) is 32.1 Å². The Hall–Kier alpha value is -3.01. The first-order valence-electron chi connectivity index (χ1n) is 22.3. The van der Waals surface area contributed by atoms with Crippen LogP contribution in [0.15, 0.2) is 80.7 Å². The van der Waals surface area contributed by atoms with Gasteiger partial charge in [-0.2, -0.15) is 0 Å². The third-order valence-corrected chi connectivity index (χ3v) is 20.6. The number of hydrogen-bond donors (Lipinski definition) is 0. The van der Waals surface area contributed by atoms with Crippen molar-refractivity contribution in [1.29, 1.82) is 0 Å². The summed E-state index contributed by atoms with van der Waals surface area (Å²) in [6, 6.07) is 22.9. The molecule has 0 amide bonds. The van der Waals surface area contributed by atoms with Crippen molar-refractivity contribution in [3.05, 3.63) is 125 Å². The van der Waals surface area contributed by atoms with Gasteiger partial charge in [0.15, 0.2) is 0 Å². The van der Waals surface area contributed by atoms with Crippen LogP contribution in [-0.2, 0) is 32.1 Å². The maximum atomic E-state index is 7.79. The molecule has 0 radical (unpaired) electrons. The lowest BCUT2D eigenvalue weighted by atomic mass is 9.56. The van der Waals surface area contributed by atoms with Crippen LogP contribution in [-0.4, -0.2) is 31.8 Å². The number of para-hydroxylation sites is 2. The van der Waals surface area contributed by atoms with Crippen LogP contribution in [0.4, 0.5) is 5.69 Å². The van der Waals surface area contributed by atoms with E-state index in [1.807, 2.05) is 30.3 Å². The fourth-order valence-corrected chi connectivity index (χ4v) is 12.9. The molecule has 8 rings (SSSR count). The van der Waals surface area contributed by atoms with Crippen LogP contribution in [0.1, 0.15) is 105 Å². The predicted octanol–water partition coefficient (Wildman–Crippen LogP) is 16.2. The third-order valence-electron chi connectivity index (χ3n) is 14.5. The van der Waals surface area contributed by atoms with Gasteiger partial charge in [-0.25, -0.2) is 0 Å². The second-order valence-corrected chi connectivity index (χ2v) is 26.6. The quantitative estimate of drug-likeness (QED) is 0.0978. The molecule has 0 bridgehead atoms. The van der Waals surface area contributed by atoms with E-state index >= 15 is 0 Å². The largest absolute Gasteiger partial charge is 0.542 e. The molecule has 3 aliphatic carbocycles. The molecule has 1 aromatic heterocycles. The monoisotopic (exact) mass is 1020 g/mol. The van der Waals surface area contributed by atoms with Crippen LogP contribution in [0, 0.1) is 19.3 Å². The summed E-state index contributed by atoms with van der Waals surface area (Å²) < 4.78 is 25.8. The Labute approximate surface area is 397 Å². The van der Waals surface area contributed by atoms with Crippen molar-refractivity contribution in [2.45, 2.75) is 136 Å². The highest BCUT2D eigenvalue weighted by molar-refractivity contribution is 9.11. The van der Waals surface area contributed by atoms with Gasteiger partial charge in [0, 0.05) is 33.6 Å². The first-order chi connectivity index (χ1) is 29.5. The molecule has 62 heavy (non-hydrogen) atoms. The van der Waals surface area contributed by atoms with Gasteiger partial charge < -0.3 is 18.5 Å². The molecule has 0 saturated heterocycles. The minimum absolute atomic E-state index is 0.0136.